The number of carboxylic acid groups (broad SMARTS) is 2. The lowest BCUT2D eigenvalue weighted by Gasteiger charge is -2.29. The molecular formula is C26H27F8N7O5. The molecule has 6 N–H and O–H groups in total. The fourth-order valence-corrected chi connectivity index (χ4v) is 3.84. The summed E-state index contributed by atoms with van der Waals surface area (Å²) >= 11 is 0. The summed E-state index contributed by atoms with van der Waals surface area (Å²) in [7, 11) is 0. The zero-order valence-corrected chi connectivity index (χ0v) is 23.7. The van der Waals surface area contributed by atoms with E-state index in [1.165, 1.54) is 4.57 Å². The molecule has 0 radical (unpaired) electrons. The highest BCUT2D eigenvalue weighted by Crippen LogP contribution is 2.27. The molecule has 1 aromatic carbocycles. The van der Waals surface area contributed by atoms with Crippen molar-refractivity contribution < 1.29 is 54.9 Å². The van der Waals surface area contributed by atoms with E-state index >= 15 is 0 Å². The van der Waals surface area contributed by atoms with Crippen LogP contribution in [0, 0.1) is 6.92 Å². The molecule has 3 aromatic rings. The zero-order valence-electron chi connectivity index (χ0n) is 23.7. The molecule has 2 aromatic heterocycles. The number of anilines is 1. The Labute approximate surface area is 254 Å². The van der Waals surface area contributed by atoms with E-state index in [0.29, 0.717) is 5.82 Å². The number of aromatic nitrogens is 4. The van der Waals surface area contributed by atoms with E-state index in [1.807, 2.05) is 25.1 Å². The molecule has 12 nitrogen and oxygen atoms in total. The Bertz CT molecular complexity index is 1570. The van der Waals surface area contributed by atoms with Crippen LogP contribution < -0.4 is 21.6 Å². The highest BCUT2D eigenvalue weighted by molar-refractivity contribution is 5.73. The Morgan fingerprint density at radius 3 is 2.02 bits per heavy atom. The van der Waals surface area contributed by atoms with Gasteiger partial charge in [-0.25, -0.2) is 29.0 Å². The number of carboxylic acids is 2. The number of aliphatic carboxylic acids is 2. The van der Waals surface area contributed by atoms with Gasteiger partial charge in [0.05, 0.1) is 0 Å². The number of hydrogen-bond acceptors (Lipinski definition) is 8. The summed E-state index contributed by atoms with van der Waals surface area (Å²) in [4.78, 5) is 37.0. The van der Waals surface area contributed by atoms with Crippen molar-refractivity contribution in [2.45, 2.75) is 25.7 Å². The number of aromatic amines is 1. The lowest BCUT2D eigenvalue weighted by Crippen LogP contribution is -2.43. The van der Waals surface area contributed by atoms with Crippen LogP contribution in [0.2, 0.25) is 0 Å². The van der Waals surface area contributed by atoms with Crippen molar-refractivity contribution >= 4 is 17.6 Å². The monoisotopic (exact) mass is 669 g/mol. The van der Waals surface area contributed by atoms with Crippen molar-refractivity contribution in [1.82, 2.24) is 25.1 Å². The first-order valence-corrected chi connectivity index (χ1v) is 12.9. The molecule has 0 bridgehead atoms. The number of carbonyl (C=O) groups is 2. The lowest BCUT2D eigenvalue weighted by atomic mass is 10.0. The summed E-state index contributed by atoms with van der Waals surface area (Å²) < 4.78 is 90.8. The summed E-state index contributed by atoms with van der Waals surface area (Å²) in [6.45, 7) is 5.31. The second-order valence-corrected chi connectivity index (χ2v) is 9.28. The minimum Gasteiger partial charge on any atom is -0.475 e. The Balaban J connectivity index is 0.000000440. The summed E-state index contributed by atoms with van der Waals surface area (Å²) in [6, 6.07) is 10.2. The van der Waals surface area contributed by atoms with Gasteiger partial charge in [0.15, 0.2) is 0 Å². The molecule has 0 aliphatic carbocycles. The van der Waals surface area contributed by atoms with Gasteiger partial charge < -0.3 is 26.2 Å². The molecule has 0 atom stereocenters. The van der Waals surface area contributed by atoms with Gasteiger partial charge in [-0.05, 0) is 36.2 Å². The van der Waals surface area contributed by atoms with Gasteiger partial charge in [-0.1, -0.05) is 12.1 Å². The average molecular weight is 670 g/mol. The summed E-state index contributed by atoms with van der Waals surface area (Å²) in [6.07, 6.45) is -10.6. The first-order valence-electron chi connectivity index (χ1n) is 12.9. The predicted molar refractivity (Wildman–Crippen MR) is 147 cm³/mol. The minimum atomic E-state index is -5.08. The standard InChI is InChI=1S/C22H25F2N7O.2C2HF3O2/c1-14-9-17(15-3-2-4-18(10-15)30-7-5-26-6-8-30)13-27-21(14)31-19(28-29-22(31)32)11-16(12-25)20(23)24;2*3-2(4,5)1(6)7/h2-4,9-10,13,26H,5-8,11-12,25H2,1H3,(H,29,32);2*(H,6,7). The van der Waals surface area contributed by atoms with E-state index in [-0.39, 0.29) is 24.4 Å². The van der Waals surface area contributed by atoms with Crippen LogP contribution in [0.25, 0.3) is 16.9 Å². The van der Waals surface area contributed by atoms with Crippen molar-refractivity contribution in [2.75, 3.05) is 37.6 Å². The fourth-order valence-electron chi connectivity index (χ4n) is 3.84. The first kappa shape index (κ1) is 37.3. The van der Waals surface area contributed by atoms with Crippen molar-refractivity contribution in [2.24, 2.45) is 5.73 Å². The Morgan fingerprint density at radius 2 is 1.54 bits per heavy atom. The summed E-state index contributed by atoms with van der Waals surface area (Å²) in [5, 5.41) is 23.8. The molecule has 1 aliphatic heterocycles. The van der Waals surface area contributed by atoms with E-state index < -0.39 is 36.1 Å². The van der Waals surface area contributed by atoms with Gasteiger partial charge in [0.25, 0.3) is 6.08 Å². The van der Waals surface area contributed by atoms with E-state index in [4.69, 9.17) is 25.5 Å². The van der Waals surface area contributed by atoms with Crippen LogP contribution in [0.3, 0.4) is 0 Å². The number of rotatable bonds is 6. The molecule has 252 valence electrons. The molecule has 1 fully saturated rings. The largest absolute Gasteiger partial charge is 0.490 e. The normalized spacial score (nSPS) is 13.1. The Morgan fingerprint density at radius 1 is 0.978 bits per heavy atom. The number of hydrogen-bond donors (Lipinski definition) is 5. The number of piperazine rings is 1. The number of alkyl halides is 6. The van der Waals surface area contributed by atoms with Crippen LogP contribution in [-0.2, 0) is 16.0 Å². The van der Waals surface area contributed by atoms with E-state index in [9.17, 15) is 39.9 Å². The van der Waals surface area contributed by atoms with Gasteiger partial charge >= 0.3 is 30.0 Å². The first-order chi connectivity index (χ1) is 21.4. The number of nitrogens with two attached hydrogens (primary N) is 1. The predicted octanol–water partition coefficient (Wildman–Crippen LogP) is 3.26. The third-order valence-corrected chi connectivity index (χ3v) is 6.04. The third kappa shape index (κ3) is 10.6. The zero-order chi connectivity index (χ0) is 34.8. The van der Waals surface area contributed by atoms with Gasteiger partial charge in [-0.2, -0.15) is 40.2 Å². The molecule has 0 amide bonds. The molecule has 46 heavy (non-hydrogen) atoms. The molecule has 20 heteroatoms. The van der Waals surface area contributed by atoms with Crippen LogP contribution in [0.15, 0.2) is 53.0 Å². The van der Waals surface area contributed by atoms with Crippen LogP contribution >= 0.6 is 0 Å². The highest BCUT2D eigenvalue weighted by atomic mass is 19.4. The maximum absolute atomic E-state index is 13.1. The topological polar surface area (TPSA) is 179 Å². The van der Waals surface area contributed by atoms with Crippen LogP contribution in [-0.4, -0.2) is 87.0 Å². The van der Waals surface area contributed by atoms with E-state index in [1.54, 1.807) is 6.20 Å². The van der Waals surface area contributed by atoms with Gasteiger partial charge in [0.2, 0.25) is 0 Å². The molecule has 4 rings (SSSR count). The summed E-state index contributed by atoms with van der Waals surface area (Å²) in [5.41, 5.74) is 8.38. The van der Waals surface area contributed by atoms with E-state index in [2.05, 4.69) is 37.5 Å². The Hall–Kier alpha value is -4.85. The number of aryl methyl sites for hydroxylation is 1. The van der Waals surface area contributed by atoms with Crippen LogP contribution in [0.4, 0.5) is 40.8 Å². The van der Waals surface area contributed by atoms with Crippen molar-refractivity contribution in [3.05, 3.63) is 70.1 Å². The second-order valence-electron chi connectivity index (χ2n) is 9.28. The lowest BCUT2D eigenvalue weighted by molar-refractivity contribution is -0.193. The molecule has 1 aliphatic rings. The van der Waals surface area contributed by atoms with Gasteiger partial charge in [-0.3, -0.25) is 0 Å². The molecule has 0 unspecified atom stereocenters. The fraction of sp³-hybridized carbons (Fsp3) is 0.346. The molecule has 1 saturated heterocycles. The molecule has 0 spiro atoms. The molecule has 0 saturated carbocycles. The highest BCUT2D eigenvalue weighted by Gasteiger charge is 2.38. The van der Waals surface area contributed by atoms with Crippen LogP contribution in [0.1, 0.15) is 11.4 Å². The van der Waals surface area contributed by atoms with Gasteiger partial charge in [0, 0.05) is 62.2 Å². The van der Waals surface area contributed by atoms with Crippen LogP contribution in [0.5, 0.6) is 0 Å². The number of H-pyrrole nitrogens is 1. The van der Waals surface area contributed by atoms with E-state index in [0.717, 1.165) is 48.6 Å². The van der Waals surface area contributed by atoms with Gasteiger partial charge in [0.1, 0.15) is 11.6 Å². The molecule has 3 heterocycles. The smallest absolute Gasteiger partial charge is 0.475 e. The summed E-state index contributed by atoms with van der Waals surface area (Å²) in [5.74, 6) is -5.04. The SMILES string of the molecule is Cc1cc(-c2cccc(N3CCNCC3)c2)cnc1-n1c(CC(CN)=C(F)F)n[nH]c1=O.O=C(O)C(F)(F)F.O=C(O)C(F)(F)F. The quantitative estimate of drug-likeness (QED) is 0.245. The number of nitrogens with one attached hydrogen (secondary N) is 2. The number of nitrogens with zero attached hydrogens (tertiary/aromatic N) is 4. The average Bonchev–Trinajstić information content (AvgIpc) is 3.35. The number of pyridine rings is 1. The third-order valence-electron chi connectivity index (χ3n) is 6.04. The van der Waals surface area contributed by atoms with Crippen molar-refractivity contribution in [3.63, 3.8) is 0 Å². The molecular weight excluding hydrogens is 642 g/mol. The number of benzene rings is 1. The minimum absolute atomic E-state index is 0.132. The maximum atomic E-state index is 13.1. The second kappa shape index (κ2) is 15.9. The van der Waals surface area contributed by atoms with Gasteiger partial charge in [-0.15, -0.1) is 0 Å². The van der Waals surface area contributed by atoms with Crippen molar-refractivity contribution in [1.29, 1.82) is 0 Å². The number of halogens is 8. The van der Waals surface area contributed by atoms with Crippen molar-refractivity contribution in [3.8, 4) is 16.9 Å². The maximum Gasteiger partial charge on any atom is 0.490 e. The Kier molecular flexibility index (Phi) is 12.9.